The van der Waals surface area contributed by atoms with Crippen LogP contribution in [0, 0.1) is 11.7 Å². The zero-order valence-corrected chi connectivity index (χ0v) is 12.7. The highest BCUT2D eigenvalue weighted by atomic mass is 19.1. The van der Waals surface area contributed by atoms with Gasteiger partial charge in [-0.2, -0.15) is 0 Å². The maximum Gasteiger partial charge on any atom is 0.239 e. The molecule has 1 amide bonds. The number of halogens is 1. The number of hydrogen-bond donors (Lipinski definition) is 2. The predicted octanol–water partition coefficient (Wildman–Crippen LogP) is 1.90. The molecule has 21 heavy (non-hydrogen) atoms. The molecule has 2 rings (SSSR count). The number of likely N-dealkylation sites (N-methyl/N-ethyl adjacent to an activating group) is 1. The van der Waals surface area contributed by atoms with Crippen molar-refractivity contribution in [3.8, 4) is 0 Å². The summed E-state index contributed by atoms with van der Waals surface area (Å²) in [4.78, 5) is 14.1. The smallest absolute Gasteiger partial charge is 0.239 e. The lowest BCUT2D eigenvalue weighted by Crippen LogP contribution is -2.63. The van der Waals surface area contributed by atoms with Crippen molar-refractivity contribution < 1.29 is 9.18 Å². The van der Waals surface area contributed by atoms with Gasteiger partial charge in [-0.15, -0.1) is 0 Å². The van der Waals surface area contributed by atoms with Crippen LogP contribution in [0.25, 0.3) is 0 Å². The van der Waals surface area contributed by atoms with E-state index in [0.29, 0.717) is 12.5 Å². The Hall–Kier alpha value is -1.62. The molecular weight excluding hydrogens is 269 g/mol. The molecule has 4 nitrogen and oxygen atoms in total. The van der Waals surface area contributed by atoms with Crippen molar-refractivity contribution in [2.75, 3.05) is 25.0 Å². The summed E-state index contributed by atoms with van der Waals surface area (Å²) in [6.45, 7) is 3.32. The molecule has 1 aromatic carbocycles. The predicted molar refractivity (Wildman–Crippen MR) is 82.6 cm³/mol. The minimum atomic E-state index is -0.695. The molecule has 1 unspecified atom stereocenters. The average Bonchev–Trinajstić information content (AvgIpc) is 3.28. The van der Waals surface area contributed by atoms with Crippen LogP contribution in [0.5, 0.6) is 0 Å². The minimum absolute atomic E-state index is 0.264. The molecule has 0 heterocycles. The fraction of sp³-hybridized carbons (Fsp3) is 0.562. The highest BCUT2D eigenvalue weighted by molar-refractivity contribution is 5.86. The van der Waals surface area contributed by atoms with Crippen LogP contribution in [0.2, 0.25) is 0 Å². The van der Waals surface area contributed by atoms with Gasteiger partial charge in [0.05, 0.1) is 0 Å². The van der Waals surface area contributed by atoms with Crippen molar-refractivity contribution in [1.82, 2.24) is 5.32 Å². The van der Waals surface area contributed by atoms with Gasteiger partial charge < -0.3 is 16.0 Å². The fourth-order valence-electron chi connectivity index (χ4n) is 2.78. The topological polar surface area (TPSA) is 58.4 Å². The van der Waals surface area contributed by atoms with Gasteiger partial charge in [0.1, 0.15) is 11.4 Å². The van der Waals surface area contributed by atoms with Gasteiger partial charge >= 0.3 is 0 Å². The van der Waals surface area contributed by atoms with Gasteiger partial charge in [0, 0.05) is 19.3 Å². The van der Waals surface area contributed by atoms with Crippen molar-refractivity contribution in [3.63, 3.8) is 0 Å². The molecule has 0 spiro atoms. The summed E-state index contributed by atoms with van der Waals surface area (Å²) >= 11 is 0. The van der Waals surface area contributed by atoms with E-state index < -0.39 is 5.54 Å². The van der Waals surface area contributed by atoms with E-state index in [1.165, 1.54) is 12.1 Å². The summed E-state index contributed by atoms with van der Waals surface area (Å²) in [5, 5.41) is 3.37. The highest BCUT2D eigenvalue weighted by Crippen LogP contribution is 2.40. The number of carbonyl (C=O) groups is 1. The first-order valence-electron chi connectivity index (χ1n) is 7.51. The fourth-order valence-corrected chi connectivity index (χ4v) is 2.78. The van der Waals surface area contributed by atoms with Gasteiger partial charge in [-0.1, -0.05) is 6.92 Å². The van der Waals surface area contributed by atoms with Gasteiger partial charge in [-0.25, -0.2) is 4.39 Å². The van der Waals surface area contributed by atoms with Gasteiger partial charge in [-0.05, 0) is 56.0 Å². The van der Waals surface area contributed by atoms with Gasteiger partial charge in [0.15, 0.2) is 0 Å². The standard InChI is InChI=1S/C16H24FN3O/c1-3-10-19-16(15(18)21,12-4-5-12)11-20(2)14-8-6-13(17)7-9-14/h6-9,12,19H,3-5,10-11H2,1-2H3,(H2,18,21). The number of carbonyl (C=O) groups excluding carboxylic acids is 1. The Morgan fingerprint density at radius 3 is 2.52 bits per heavy atom. The van der Waals surface area contributed by atoms with E-state index in [-0.39, 0.29) is 11.7 Å². The molecule has 5 heteroatoms. The number of anilines is 1. The van der Waals surface area contributed by atoms with E-state index in [1.54, 1.807) is 12.1 Å². The SMILES string of the molecule is CCCNC(CN(C)c1ccc(F)cc1)(C(N)=O)C1CC1. The van der Waals surface area contributed by atoms with Crippen molar-refractivity contribution in [1.29, 1.82) is 0 Å². The number of nitrogens with one attached hydrogen (secondary N) is 1. The Morgan fingerprint density at radius 2 is 2.05 bits per heavy atom. The molecule has 116 valence electrons. The Morgan fingerprint density at radius 1 is 1.43 bits per heavy atom. The molecule has 1 aliphatic carbocycles. The minimum Gasteiger partial charge on any atom is -0.372 e. The largest absolute Gasteiger partial charge is 0.372 e. The summed E-state index contributed by atoms with van der Waals surface area (Å²) in [6.07, 6.45) is 3.00. The summed E-state index contributed by atoms with van der Waals surface area (Å²) in [6, 6.07) is 6.28. The van der Waals surface area contributed by atoms with E-state index in [0.717, 1.165) is 31.5 Å². The molecule has 0 aliphatic heterocycles. The Bertz CT molecular complexity index is 487. The third-order valence-electron chi connectivity index (χ3n) is 4.16. The lowest BCUT2D eigenvalue weighted by Gasteiger charge is -2.36. The molecule has 0 radical (unpaired) electrons. The molecule has 3 N–H and O–H groups in total. The van der Waals surface area contributed by atoms with Gasteiger partial charge in [0.25, 0.3) is 0 Å². The second-order valence-corrected chi connectivity index (χ2v) is 5.87. The first-order chi connectivity index (χ1) is 9.99. The molecule has 1 aromatic rings. The number of benzene rings is 1. The molecule has 0 bridgehead atoms. The Labute approximate surface area is 125 Å². The number of amides is 1. The van der Waals surface area contributed by atoms with Crippen LogP contribution < -0.4 is 16.0 Å². The quantitative estimate of drug-likeness (QED) is 0.769. The second kappa shape index (κ2) is 6.43. The summed E-state index contributed by atoms with van der Waals surface area (Å²) in [7, 11) is 1.90. The third-order valence-corrected chi connectivity index (χ3v) is 4.16. The molecule has 1 atom stereocenters. The van der Waals surface area contributed by atoms with Crippen LogP contribution in [0.15, 0.2) is 24.3 Å². The van der Waals surface area contributed by atoms with Crippen LogP contribution in [0.3, 0.4) is 0 Å². The van der Waals surface area contributed by atoms with Crippen LogP contribution >= 0.6 is 0 Å². The van der Waals surface area contributed by atoms with Crippen LogP contribution in [-0.2, 0) is 4.79 Å². The van der Waals surface area contributed by atoms with E-state index in [4.69, 9.17) is 5.73 Å². The maximum atomic E-state index is 13.0. The van der Waals surface area contributed by atoms with Crippen molar-refractivity contribution in [3.05, 3.63) is 30.1 Å². The van der Waals surface area contributed by atoms with E-state index in [9.17, 15) is 9.18 Å². The summed E-state index contributed by atoms with van der Waals surface area (Å²) < 4.78 is 13.0. The number of rotatable bonds is 8. The number of primary amides is 1. The van der Waals surface area contributed by atoms with Crippen LogP contribution in [-0.4, -0.2) is 31.6 Å². The molecule has 1 aliphatic rings. The zero-order chi connectivity index (χ0) is 15.5. The normalized spacial score (nSPS) is 17.3. The van der Waals surface area contributed by atoms with Crippen molar-refractivity contribution >= 4 is 11.6 Å². The molecule has 0 saturated heterocycles. The van der Waals surface area contributed by atoms with Crippen LogP contribution in [0.1, 0.15) is 26.2 Å². The maximum absolute atomic E-state index is 13.0. The Kier molecular flexibility index (Phi) is 4.83. The lowest BCUT2D eigenvalue weighted by molar-refractivity contribution is -0.125. The summed E-state index contributed by atoms with van der Waals surface area (Å²) in [5.74, 6) is -0.267. The molecule has 1 saturated carbocycles. The van der Waals surface area contributed by atoms with Gasteiger partial charge in [0.2, 0.25) is 5.91 Å². The van der Waals surface area contributed by atoms with E-state index in [1.807, 2.05) is 11.9 Å². The number of nitrogens with two attached hydrogens (primary N) is 1. The van der Waals surface area contributed by atoms with E-state index >= 15 is 0 Å². The first-order valence-corrected chi connectivity index (χ1v) is 7.51. The monoisotopic (exact) mass is 293 g/mol. The van der Waals surface area contributed by atoms with E-state index in [2.05, 4.69) is 12.2 Å². The number of hydrogen-bond acceptors (Lipinski definition) is 3. The Balaban J connectivity index is 2.17. The van der Waals surface area contributed by atoms with Crippen LogP contribution in [0.4, 0.5) is 10.1 Å². The molecular formula is C16H24FN3O. The highest BCUT2D eigenvalue weighted by Gasteiger charge is 2.50. The van der Waals surface area contributed by atoms with Gasteiger partial charge in [-0.3, -0.25) is 4.79 Å². The summed E-state index contributed by atoms with van der Waals surface area (Å²) in [5.41, 5.74) is 5.90. The first kappa shape index (κ1) is 15.8. The average molecular weight is 293 g/mol. The lowest BCUT2D eigenvalue weighted by atomic mass is 9.91. The van der Waals surface area contributed by atoms with Crippen molar-refractivity contribution in [2.24, 2.45) is 11.7 Å². The zero-order valence-electron chi connectivity index (χ0n) is 12.7. The second-order valence-electron chi connectivity index (χ2n) is 5.87. The number of nitrogens with zero attached hydrogens (tertiary/aromatic N) is 1. The van der Waals surface area contributed by atoms with Crippen molar-refractivity contribution in [2.45, 2.75) is 31.7 Å². The molecule has 1 fully saturated rings. The third kappa shape index (κ3) is 3.53. The molecule has 0 aromatic heterocycles.